The molecule has 0 heterocycles. The number of aliphatic hydroxyl groups excluding tert-OH is 1. The Hall–Kier alpha value is -2.59. The lowest BCUT2D eigenvalue weighted by atomic mass is 10.1. The molecular formula is C18H18O4. The summed E-state index contributed by atoms with van der Waals surface area (Å²) in [6.45, 7) is 0.456. The maximum atomic E-state index is 10.6. The number of carboxylic acid groups (broad SMARTS) is 1. The Balaban J connectivity index is 2.14. The highest BCUT2D eigenvalue weighted by atomic mass is 16.5. The molecule has 0 spiro atoms. The summed E-state index contributed by atoms with van der Waals surface area (Å²) in [4.78, 5) is 10.6. The van der Waals surface area contributed by atoms with Crippen LogP contribution in [0.5, 0.6) is 5.75 Å². The maximum absolute atomic E-state index is 10.6. The number of rotatable bonds is 7. The van der Waals surface area contributed by atoms with Crippen LogP contribution >= 0.6 is 0 Å². The van der Waals surface area contributed by atoms with Crippen molar-refractivity contribution in [3.63, 3.8) is 0 Å². The first-order chi connectivity index (χ1) is 10.7. The van der Waals surface area contributed by atoms with E-state index >= 15 is 0 Å². The summed E-state index contributed by atoms with van der Waals surface area (Å²) in [6.07, 6.45) is 3.06. The first-order valence-corrected chi connectivity index (χ1v) is 7.00. The average molecular weight is 298 g/mol. The molecule has 2 rings (SSSR count). The number of aliphatic carboxylic acids is 1. The largest absolute Gasteiger partial charge is 0.489 e. The summed E-state index contributed by atoms with van der Waals surface area (Å²) in [5.74, 6) is -0.293. The van der Waals surface area contributed by atoms with E-state index in [1.807, 2.05) is 36.4 Å². The van der Waals surface area contributed by atoms with E-state index in [-0.39, 0.29) is 6.61 Å². The van der Waals surface area contributed by atoms with Gasteiger partial charge in [-0.1, -0.05) is 36.4 Å². The van der Waals surface area contributed by atoms with Crippen molar-refractivity contribution in [3.05, 3.63) is 71.3 Å². The van der Waals surface area contributed by atoms with E-state index in [9.17, 15) is 9.90 Å². The Bertz CT molecular complexity index is 647. The van der Waals surface area contributed by atoms with Crippen molar-refractivity contribution in [1.29, 1.82) is 0 Å². The number of benzene rings is 2. The van der Waals surface area contributed by atoms with Gasteiger partial charge in [0.1, 0.15) is 12.4 Å². The molecule has 0 aromatic heterocycles. The summed E-state index contributed by atoms with van der Waals surface area (Å²) >= 11 is 0. The predicted molar refractivity (Wildman–Crippen MR) is 84.7 cm³/mol. The molecule has 0 saturated carbocycles. The predicted octanol–water partition coefficient (Wildman–Crippen LogP) is 2.90. The molecule has 0 saturated heterocycles. The Morgan fingerprint density at radius 3 is 2.59 bits per heavy atom. The van der Waals surface area contributed by atoms with Gasteiger partial charge in [-0.3, -0.25) is 0 Å². The van der Waals surface area contributed by atoms with Crippen molar-refractivity contribution in [2.75, 3.05) is 6.61 Å². The van der Waals surface area contributed by atoms with E-state index in [2.05, 4.69) is 0 Å². The van der Waals surface area contributed by atoms with Gasteiger partial charge in [0.25, 0.3) is 0 Å². The van der Waals surface area contributed by atoms with Crippen LogP contribution in [-0.2, 0) is 17.8 Å². The third kappa shape index (κ3) is 4.75. The summed E-state index contributed by atoms with van der Waals surface area (Å²) in [5, 5.41) is 17.8. The lowest BCUT2D eigenvalue weighted by Gasteiger charge is -2.12. The first-order valence-electron chi connectivity index (χ1n) is 7.00. The third-order valence-electron chi connectivity index (χ3n) is 3.12. The van der Waals surface area contributed by atoms with Gasteiger partial charge in [0, 0.05) is 12.7 Å². The van der Waals surface area contributed by atoms with Crippen LogP contribution in [0.4, 0.5) is 0 Å². The van der Waals surface area contributed by atoms with Gasteiger partial charge in [0.2, 0.25) is 0 Å². The van der Waals surface area contributed by atoms with Gasteiger partial charge in [-0.2, -0.15) is 0 Å². The van der Waals surface area contributed by atoms with Crippen molar-refractivity contribution < 1.29 is 19.7 Å². The average Bonchev–Trinajstić information content (AvgIpc) is 2.53. The maximum Gasteiger partial charge on any atom is 0.328 e. The monoisotopic (exact) mass is 298 g/mol. The molecule has 0 aliphatic carbocycles. The second-order valence-electron chi connectivity index (χ2n) is 4.79. The fraction of sp³-hybridized carbons (Fsp3) is 0.167. The molecule has 0 amide bonds. The minimum Gasteiger partial charge on any atom is -0.489 e. The lowest BCUT2D eigenvalue weighted by Crippen LogP contribution is -2.01. The smallest absolute Gasteiger partial charge is 0.328 e. The first kappa shape index (κ1) is 15.8. The zero-order valence-corrected chi connectivity index (χ0v) is 12.1. The summed E-state index contributed by atoms with van der Waals surface area (Å²) in [6, 6.07) is 15.2. The molecule has 0 fully saturated rings. The van der Waals surface area contributed by atoms with Crippen LogP contribution in [0.15, 0.2) is 54.6 Å². The second kappa shape index (κ2) is 8.00. The fourth-order valence-electron chi connectivity index (χ4n) is 2.06. The number of hydrogen-bond acceptors (Lipinski definition) is 3. The molecule has 2 N–H and O–H groups in total. The quantitative estimate of drug-likeness (QED) is 0.771. The van der Waals surface area contributed by atoms with Gasteiger partial charge in [-0.15, -0.1) is 0 Å². The van der Waals surface area contributed by atoms with Crippen LogP contribution in [0.1, 0.15) is 16.7 Å². The number of ether oxygens (including phenoxy) is 1. The molecule has 0 aliphatic rings. The molecule has 2 aromatic rings. The van der Waals surface area contributed by atoms with E-state index in [1.54, 1.807) is 12.1 Å². The van der Waals surface area contributed by atoms with Crippen LogP contribution in [0, 0.1) is 0 Å². The van der Waals surface area contributed by atoms with Crippen molar-refractivity contribution in [2.45, 2.75) is 13.0 Å². The standard InChI is InChI=1S/C18H18O4/c19-11-10-16-12-14(7-9-18(20)21)6-8-17(16)22-13-15-4-2-1-3-5-15/h1-9,12,19H,10-11,13H2,(H,20,21)/b9-7+. The molecule has 2 aromatic carbocycles. The highest BCUT2D eigenvalue weighted by molar-refractivity contribution is 5.85. The number of carboxylic acids is 1. The van der Waals surface area contributed by atoms with Gasteiger partial charge in [-0.05, 0) is 41.3 Å². The summed E-state index contributed by atoms with van der Waals surface area (Å²) in [7, 11) is 0. The molecule has 22 heavy (non-hydrogen) atoms. The van der Waals surface area contributed by atoms with Gasteiger partial charge in [-0.25, -0.2) is 4.79 Å². The topological polar surface area (TPSA) is 66.8 Å². The molecule has 4 nitrogen and oxygen atoms in total. The van der Waals surface area contributed by atoms with Gasteiger partial charge >= 0.3 is 5.97 Å². The molecule has 4 heteroatoms. The molecule has 114 valence electrons. The fourth-order valence-corrected chi connectivity index (χ4v) is 2.06. The van der Waals surface area contributed by atoms with Crippen molar-refractivity contribution in [1.82, 2.24) is 0 Å². The minimum absolute atomic E-state index is 0.00773. The Kier molecular flexibility index (Phi) is 5.74. The minimum atomic E-state index is -0.992. The molecule has 0 radical (unpaired) electrons. The zero-order valence-electron chi connectivity index (χ0n) is 12.1. The number of aliphatic hydroxyl groups is 1. The van der Waals surface area contributed by atoms with Gasteiger partial charge in [0.05, 0.1) is 0 Å². The van der Waals surface area contributed by atoms with Crippen LogP contribution < -0.4 is 4.74 Å². The molecule has 0 unspecified atom stereocenters. The van der Waals surface area contributed by atoms with Crippen molar-refractivity contribution in [2.24, 2.45) is 0 Å². The lowest BCUT2D eigenvalue weighted by molar-refractivity contribution is -0.131. The van der Waals surface area contributed by atoms with E-state index in [0.29, 0.717) is 18.8 Å². The highest BCUT2D eigenvalue weighted by Gasteiger charge is 2.05. The summed E-state index contributed by atoms with van der Waals surface area (Å²) < 4.78 is 5.80. The Labute approximate surface area is 129 Å². The zero-order chi connectivity index (χ0) is 15.8. The number of hydrogen-bond donors (Lipinski definition) is 2. The van der Waals surface area contributed by atoms with Gasteiger partial charge < -0.3 is 14.9 Å². The second-order valence-corrected chi connectivity index (χ2v) is 4.79. The molecule has 0 aliphatic heterocycles. The SMILES string of the molecule is O=C(O)/C=C/c1ccc(OCc2ccccc2)c(CCO)c1. The number of carbonyl (C=O) groups is 1. The molecule has 0 bridgehead atoms. The van der Waals surface area contributed by atoms with Crippen molar-refractivity contribution >= 4 is 12.0 Å². The van der Waals surface area contributed by atoms with Crippen LogP contribution in [0.3, 0.4) is 0 Å². The van der Waals surface area contributed by atoms with E-state index in [1.165, 1.54) is 6.08 Å². The van der Waals surface area contributed by atoms with E-state index < -0.39 is 5.97 Å². The molecular weight excluding hydrogens is 280 g/mol. The highest BCUT2D eigenvalue weighted by Crippen LogP contribution is 2.22. The third-order valence-corrected chi connectivity index (χ3v) is 3.12. The summed E-state index contributed by atoms with van der Waals surface area (Å²) in [5.41, 5.74) is 2.68. The van der Waals surface area contributed by atoms with Crippen LogP contribution in [-0.4, -0.2) is 22.8 Å². The molecule has 0 atom stereocenters. The normalized spacial score (nSPS) is 10.8. The Morgan fingerprint density at radius 2 is 1.91 bits per heavy atom. The Morgan fingerprint density at radius 1 is 1.14 bits per heavy atom. The van der Waals surface area contributed by atoms with Crippen LogP contribution in [0.2, 0.25) is 0 Å². The van der Waals surface area contributed by atoms with E-state index in [0.717, 1.165) is 22.8 Å². The van der Waals surface area contributed by atoms with Crippen molar-refractivity contribution in [3.8, 4) is 5.75 Å². The van der Waals surface area contributed by atoms with Crippen LogP contribution in [0.25, 0.3) is 6.08 Å². The van der Waals surface area contributed by atoms with E-state index in [4.69, 9.17) is 9.84 Å². The van der Waals surface area contributed by atoms with Gasteiger partial charge in [0.15, 0.2) is 0 Å².